The fourth-order valence-electron chi connectivity index (χ4n) is 6.18. The lowest BCUT2D eigenvalue weighted by molar-refractivity contribution is -0.144. The number of alkyl halides is 3. The Hall–Kier alpha value is -2.32. The quantitative estimate of drug-likeness (QED) is 0.592. The number of anilines is 1. The minimum absolute atomic E-state index is 0.0906. The topological polar surface area (TPSA) is 71.2 Å². The first-order valence-corrected chi connectivity index (χ1v) is 12.2. The van der Waals surface area contributed by atoms with E-state index < -0.39 is 17.2 Å². The predicted molar refractivity (Wildman–Crippen MR) is 124 cm³/mol. The van der Waals surface area contributed by atoms with Crippen molar-refractivity contribution < 1.29 is 18.0 Å². The Morgan fingerprint density at radius 1 is 1.32 bits per heavy atom. The van der Waals surface area contributed by atoms with E-state index in [9.17, 15) is 18.0 Å². The summed E-state index contributed by atoms with van der Waals surface area (Å²) in [4.78, 5) is 19.6. The number of hydrogen-bond acceptors (Lipinski definition) is 4. The second kappa shape index (κ2) is 8.72. The molecule has 5 rings (SSSR count). The van der Waals surface area contributed by atoms with Gasteiger partial charge in [-0.15, -0.1) is 0 Å². The van der Waals surface area contributed by atoms with Crippen molar-refractivity contribution >= 4 is 23.2 Å². The summed E-state index contributed by atoms with van der Waals surface area (Å²) in [6.45, 7) is 1.29. The zero-order valence-corrected chi connectivity index (χ0v) is 19.6. The van der Waals surface area contributed by atoms with E-state index in [0.717, 1.165) is 49.9 Å². The molecule has 3 unspecified atom stereocenters. The first-order valence-electron chi connectivity index (χ1n) is 11.8. The molecule has 182 valence electrons. The minimum Gasteiger partial charge on any atom is -0.399 e. The minimum atomic E-state index is -4.44. The van der Waals surface area contributed by atoms with E-state index in [1.807, 2.05) is 12.1 Å². The first-order chi connectivity index (χ1) is 16.2. The molecular formula is C25H28ClF3N4O. The molecule has 1 aromatic heterocycles. The van der Waals surface area contributed by atoms with Crippen LogP contribution in [0.5, 0.6) is 0 Å². The Morgan fingerprint density at radius 3 is 2.91 bits per heavy atom. The maximum Gasteiger partial charge on any atom is 0.417 e. The van der Waals surface area contributed by atoms with Crippen LogP contribution >= 0.6 is 11.6 Å². The van der Waals surface area contributed by atoms with Gasteiger partial charge in [0.25, 0.3) is 0 Å². The van der Waals surface area contributed by atoms with Gasteiger partial charge in [-0.1, -0.05) is 24.1 Å². The summed E-state index contributed by atoms with van der Waals surface area (Å²) < 4.78 is 39.5. The molecule has 3 aliphatic rings. The Kier molecular flexibility index (Phi) is 6.01. The SMILES string of the molecule is Nc1ccc(CNC2CC3CCCC3(C(=O)N3CCc4ncc(C(F)(F)F)cc4C3)C2)c(Cl)c1. The molecule has 1 amide bonds. The third-order valence-corrected chi connectivity index (χ3v) is 8.23. The van der Waals surface area contributed by atoms with Crippen LogP contribution in [0.3, 0.4) is 0 Å². The van der Waals surface area contributed by atoms with Crippen molar-refractivity contribution in [2.45, 2.75) is 63.8 Å². The smallest absolute Gasteiger partial charge is 0.399 e. The van der Waals surface area contributed by atoms with Crippen molar-refractivity contribution in [1.29, 1.82) is 0 Å². The molecule has 3 atom stereocenters. The predicted octanol–water partition coefficient (Wildman–Crippen LogP) is 4.96. The molecule has 2 saturated carbocycles. The number of nitrogen functional groups attached to an aromatic ring is 1. The number of fused-ring (bicyclic) bond motifs is 2. The second-order valence-corrected chi connectivity index (χ2v) is 10.3. The molecule has 2 aromatic rings. The van der Waals surface area contributed by atoms with Gasteiger partial charge in [0.15, 0.2) is 0 Å². The van der Waals surface area contributed by atoms with Gasteiger partial charge in [-0.2, -0.15) is 13.2 Å². The maximum absolute atomic E-state index is 13.8. The van der Waals surface area contributed by atoms with Crippen LogP contribution in [-0.4, -0.2) is 28.4 Å². The Bertz CT molecular complexity index is 1110. The van der Waals surface area contributed by atoms with E-state index >= 15 is 0 Å². The second-order valence-electron chi connectivity index (χ2n) is 9.92. The van der Waals surface area contributed by atoms with Crippen LogP contribution in [0.25, 0.3) is 0 Å². The summed E-state index contributed by atoms with van der Waals surface area (Å²) >= 11 is 6.31. The van der Waals surface area contributed by atoms with Crippen LogP contribution in [0.4, 0.5) is 18.9 Å². The highest BCUT2D eigenvalue weighted by molar-refractivity contribution is 6.31. The summed E-state index contributed by atoms with van der Waals surface area (Å²) in [5.74, 6) is 0.383. The molecule has 2 fully saturated rings. The van der Waals surface area contributed by atoms with Crippen LogP contribution < -0.4 is 11.1 Å². The van der Waals surface area contributed by atoms with Gasteiger partial charge in [0.2, 0.25) is 5.91 Å². The zero-order chi connectivity index (χ0) is 24.1. The van der Waals surface area contributed by atoms with Gasteiger partial charge in [-0.25, -0.2) is 0 Å². The lowest BCUT2D eigenvalue weighted by atomic mass is 9.78. The number of pyridine rings is 1. The largest absolute Gasteiger partial charge is 0.417 e. The van der Waals surface area contributed by atoms with E-state index in [-0.39, 0.29) is 18.5 Å². The highest BCUT2D eigenvalue weighted by Gasteiger charge is 2.56. The average Bonchev–Trinajstić information content (AvgIpc) is 3.35. The van der Waals surface area contributed by atoms with Crippen LogP contribution in [-0.2, 0) is 30.5 Å². The molecule has 2 aliphatic carbocycles. The standard InChI is InChI=1S/C25H28ClF3N4O/c26-21-10-19(30)4-3-15(21)12-31-20-9-17-2-1-6-24(17,11-20)23(34)33-7-5-22-16(14-33)8-18(13-32-22)25(27,28)29/h3-4,8,10,13,17,20,31H,1-2,5-7,9,11-12,14,30H2. The number of nitrogens with one attached hydrogen (secondary N) is 1. The monoisotopic (exact) mass is 492 g/mol. The van der Waals surface area contributed by atoms with Gasteiger partial charge >= 0.3 is 6.18 Å². The Morgan fingerprint density at radius 2 is 2.15 bits per heavy atom. The molecule has 0 spiro atoms. The van der Waals surface area contributed by atoms with Crippen molar-refractivity contribution in [3.05, 3.63) is 57.9 Å². The number of carbonyl (C=O) groups is 1. The van der Waals surface area contributed by atoms with Gasteiger partial charge in [0.1, 0.15) is 0 Å². The molecule has 0 bridgehead atoms. The number of rotatable bonds is 4. The lowest BCUT2D eigenvalue weighted by Gasteiger charge is -2.37. The molecule has 34 heavy (non-hydrogen) atoms. The molecule has 3 N–H and O–H groups in total. The zero-order valence-electron chi connectivity index (χ0n) is 18.8. The fraction of sp³-hybridized carbons (Fsp3) is 0.520. The summed E-state index contributed by atoms with van der Waals surface area (Å²) in [6, 6.07) is 6.82. The van der Waals surface area contributed by atoms with E-state index in [0.29, 0.717) is 47.4 Å². The number of amides is 1. The van der Waals surface area contributed by atoms with Crippen molar-refractivity contribution in [3.63, 3.8) is 0 Å². The van der Waals surface area contributed by atoms with E-state index in [1.165, 1.54) is 0 Å². The average molecular weight is 493 g/mol. The van der Waals surface area contributed by atoms with Crippen molar-refractivity contribution in [1.82, 2.24) is 15.2 Å². The number of halogens is 4. The number of hydrogen-bond donors (Lipinski definition) is 2. The third-order valence-electron chi connectivity index (χ3n) is 7.88. The molecule has 9 heteroatoms. The van der Waals surface area contributed by atoms with Crippen molar-refractivity contribution in [3.8, 4) is 0 Å². The third kappa shape index (κ3) is 4.26. The fourth-order valence-corrected chi connectivity index (χ4v) is 6.43. The molecule has 1 aliphatic heterocycles. The molecule has 2 heterocycles. The van der Waals surface area contributed by atoms with E-state index in [2.05, 4.69) is 10.3 Å². The van der Waals surface area contributed by atoms with Gasteiger partial charge < -0.3 is 16.0 Å². The van der Waals surface area contributed by atoms with Crippen LogP contribution in [0.15, 0.2) is 30.5 Å². The summed E-state index contributed by atoms with van der Waals surface area (Å²) in [7, 11) is 0. The lowest BCUT2D eigenvalue weighted by Crippen LogP contribution is -2.46. The Labute approximate surface area is 201 Å². The number of nitrogens with two attached hydrogens (primary N) is 1. The van der Waals surface area contributed by atoms with E-state index in [4.69, 9.17) is 17.3 Å². The highest BCUT2D eigenvalue weighted by atomic mass is 35.5. The molecule has 0 saturated heterocycles. The number of benzene rings is 1. The van der Waals surface area contributed by atoms with Crippen molar-refractivity contribution in [2.75, 3.05) is 12.3 Å². The molecule has 1 aromatic carbocycles. The number of carbonyl (C=O) groups excluding carboxylic acids is 1. The Balaban J connectivity index is 1.29. The summed E-state index contributed by atoms with van der Waals surface area (Å²) in [5, 5.41) is 4.20. The van der Waals surface area contributed by atoms with Gasteiger partial charge in [0, 0.05) is 54.7 Å². The molecule has 0 radical (unpaired) electrons. The summed E-state index contributed by atoms with van der Waals surface area (Å²) in [5.41, 5.74) is 7.33. The maximum atomic E-state index is 13.8. The van der Waals surface area contributed by atoms with Gasteiger partial charge in [-0.3, -0.25) is 9.78 Å². The van der Waals surface area contributed by atoms with E-state index in [1.54, 1.807) is 11.0 Å². The number of aromatic nitrogens is 1. The molecular weight excluding hydrogens is 465 g/mol. The molecule has 5 nitrogen and oxygen atoms in total. The highest BCUT2D eigenvalue weighted by Crippen LogP contribution is 2.55. The van der Waals surface area contributed by atoms with Gasteiger partial charge in [0.05, 0.1) is 11.0 Å². The van der Waals surface area contributed by atoms with Crippen LogP contribution in [0.2, 0.25) is 5.02 Å². The number of nitrogens with zero attached hydrogens (tertiary/aromatic N) is 2. The van der Waals surface area contributed by atoms with Gasteiger partial charge in [-0.05, 0) is 60.9 Å². The van der Waals surface area contributed by atoms with Crippen molar-refractivity contribution in [2.24, 2.45) is 11.3 Å². The van der Waals surface area contributed by atoms with Crippen LogP contribution in [0, 0.1) is 11.3 Å². The summed E-state index contributed by atoms with van der Waals surface area (Å²) in [6.07, 6.45) is 1.45. The van der Waals surface area contributed by atoms with Crippen LogP contribution in [0.1, 0.15) is 54.5 Å². The first kappa shape index (κ1) is 23.4. The normalized spacial score (nSPS) is 26.4.